The zero-order chi connectivity index (χ0) is 45.0. The number of urea groups is 2. The number of nitrogens with one attached hydrogen (secondary N) is 4. The quantitative estimate of drug-likeness (QED) is 0.0654. The van der Waals surface area contributed by atoms with Gasteiger partial charge < -0.3 is 31.3 Å². The largest absolute Gasteiger partial charge is 0.871 e. The van der Waals surface area contributed by atoms with Gasteiger partial charge in [-0.3, -0.25) is 4.79 Å². The number of allylic oxidation sites excluding steroid dienone is 2. The van der Waals surface area contributed by atoms with Crippen LogP contribution in [0.15, 0.2) is 17.9 Å². The molecule has 2 atom stereocenters. The first kappa shape index (κ1) is 48.3. The monoisotopic (exact) mass is 913 g/mol. The topological polar surface area (TPSA) is 129 Å². The molecule has 0 saturated carbocycles. The van der Waals surface area contributed by atoms with Gasteiger partial charge in [0.1, 0.15) is 13.1 Å². The van der Waals surface area contributed by atoms with Crippen molar-refractivity contribution in [3.05, 3.63) is 56.3 Å². The van der Waals surface area contributed by atoms with Gasteiger partial charge in [0.25, 0.3) is 0 Å². The molecule has 0 aromatic heterocycles. The number of hydrogen-bond acceptors (Lipinski definition) is 7. The normalized spacial score (nSPS) is 18.2. The van der Waals surface area contributed by atoms with Crippen LogP contribution >= 0.6 is 23.5 Å². The number of rotatable bonds is 23. The second-order valence-electron chi connectivity index (χ2n) is 18.8. The van der Waals surface area contributed by atoms with E-state index in [1.165, 1.54) is 51.4 Å². The van der Waals surface area contributed by atoms with Crippen molar-refractivity contribution in [1.82, 2.24) is 15.2 Å². The molecule has 5 aliphatic rings. The van der Waals surface area contributed by atoms with E-state index in [1.54, 1.807) is 0 Å². The van der Waals surface area contributed by atoms with Crippen molar-refractivity contribution >= 4 is 69.6 Å². The molecule has 1 aliphatic carbocycles. The average Bonchev–Trinajstić information content (AvgIpc) is 3.30. The molecule has 0 fully saturated rings. The van der Waals surface area contributed by atoms with E-state index in [0.29, 0.717) is 35.2 Å². The Labute approximate surface area is 391 Å². The number of aryl methyl sites for hydroxylation is 2. The molecule has 7 rings (SSSR count). The Kier molecular flexibility index (Phi) is 17.9. The summed E-state index contributed by atoms with van der Waals surface area (Å²) in [7, 11) is 0. The van der Waals surface area contributed by atoms with Gasteiger partial charge in [-0.2, -0.15) is 23.5 Å². The molecule has 2 unspecified atom stereocenters. The highest BCUT2D eigenvalue weighted by Crippen LogP contribution is 2.47. The Morgan fingerprint density at radius 1 is 0.719 bits per heavy atom. The Balaban J connectivity index is 1.14. The van der Waals surface area contributed by atoms with Crippen LogP contribution < -0.4 is 46.4 Å². The standard InChI is InChI=1S/C52H76N6O4S2/c1-5-9-17-35(7-3)33-63-29-15-23-53-51(61)55-45-39-21-13-27-57-25-11-19-37(47(39)57)31-41(45)43-49(59)44(50(43)60)42-32-38-20-12-26-58-28-14-22-40(48(38)58)46(42)56-52(62)54-24-16-30-64-34-36(8-4)18-10-6-2/h31-32,35-36H,5-30,33-34H2,1-4H3,(H4,53,54,55,56,59,60,61,62). The molecule has 0 radical (unpaired) electrons. The molecular formula is C52H76N6O4S2. The second-order valence-corrected chi connectivity index (χ2v) is 21.1. The molecular weight excluding hydrogens is 837 g/mol. The van der Waals surface area contributed by atoms with E-state index in [9.17, 15) is 19.5 Å². The van der Waals surface area contributed by atoms with Gasteiger partial charge in [-0.25, -0.2) is 14.2 Å². The highest BCUT2D eigenvalue weighted by molar-refractivity contribution is 7.99. The van der Waals surface area contributed by atoms with E-state index in [0.717, 1.165) is 159 Å². The van der Waals surface area contributed by atoms with Crippen molar-refractivity contribution in [1.29, 1.82) is 0 Å². The van der Waals surface area contributed by atoms with Crippen LogP contribution in [-0.4, -0.2) is 80.1 Å². The summed E-state index contributed by atoms with van der Waals surface area (Å²) in [6.07, 6.45) is 18.9. The first-order valence-electron chi connectivity index (χ1n) is 25.2. The fourth-order valence-electron chi connectivity index (χ4n) is 10.6. The molecule has 12 heteroatoms. The van der Waals surface area contributed by atoms with Crippen LogP contribution in [0.25, 0.3) is 11.1 Å². The minimum atomic E-state index is -0.314. The Bertz CT molecular complexity index is 2160. The van der Waals surface area contributed by atoms with Gasteiger partial charge >= 0.3 is 12.1 Å². The van der Waals surface area contributed by atoms with Crippen molar-refractivity contribution in [2.24, 2.45) is 11.8 Å². The average molecular weight is 913 g/mol. The lowest BCUT2D eigenvalue weighted by Gasteiger charge is -2.40. The van der Waals surface area contributed by atoms with Crippen LogP contribution in [0, 0.1) is 11.8 Å². The van der Waals surface area contributed by atoms with Crippen molar-refractivity contribution < 1.29 is 19.5 Å². The Morgan fingerprint density at radius 2 is 1.30 bits per heavy atom. The maximum Gasteiger partial charge on any atom is 0.319 e. The van der Waals surface area contributed by atoms with Gasteiger partial charge in [0.05, 0.1) is 11.4 Å². The molecule has 4 amide bonds. The first-order chi connectivity index (χ1) is 31.3. The molecule has 2 aromatic rings. The van der Waals surface area contributed by atoms with Crippen molar-refractivity contribution in [3.63, 3.8) is 0 Å². The Hall–Kier alpha value is -3.64. The summed E-state index contributed by atoms with van der Waals surface area (Å²) in [5.74, 6) is 5.18. The fraction of sp³-hybridized carbons (Fsp3) is 0.654. The lowest BCUT2D eigenvalue weighted by Crippen LogP contribution is -2.47. The number of carbonyl (C=O) groups excluding carboxylic acids is 3. The van der Waals surface area contributed by atoms with Gasteiger partial charge in [-0.15, -0.1) is 0 Å². The summed E-state index contributed by atoms with van der Waals surface area (Å²) in [4.78, 5) is 44.6. The summed E-state index contributed by atoms with van der Waals surface area (Å²) >= 11 is 3.95. The van der Waals surface area contributed by atoms with Crippen LogP contribution in [-0.2, 0) is 30.5 Å². The predicted octanol–water partition coefficient (Wildman–Crippen LogP) is 8.20. The number of benzene rings is 2. The van der Waals surface area contributed by atoms with Gasteiger partial charge in [0, 0.05) is 83.3 Å². The maximum atomic E-state index is 14.8. The van der Waals surface area contributed by atoms with Gasteiger partial charge in [0.15, 0.2) is 5.78 Å². The highest BCUT2D eigenvalue weighted by Gasteiger charge is 2.37. The number of ketones is 1. The van der Waals surface area contributed by atoms with Crippen molar-refractivity contribution in [2.75, 3.05) is 77.8 Å². The predicted molar refractivity (Wildman–Crippen MR) is 268 cm³/mol. The summed E-state index contributed by atoms with van der Waals surface area (Å²) in [6, 6.07) is 3.42. The number of amides is 4. The molecule has 350 valence electrons. The molecule has 0 bridgehead atoms. The highest BCUT2D eigenvalue weighted by atomic mass is 32.2. The summed E-state index contributed by atoms with van der Waals surface area (Å²) in [6.45, 7) is 14.0. The number of carbonyl (C=O) groups is 3. The molecule has 4 N–H and O–H groups in total. The molecule has 0 saturated heterocycles. The van der Waals surface area contributed by atoms with Crippen molar-refractivity contribution in [3.8, 4) is 0 Å². The third kappa shape index (κ3) is 11.3. The number of Topliss-reactive ketones (excluding diaryl/α,β-unsaturated/α-hetero) is 1. The van der Waals surface area contributed by atoms with E-state index in [-0.39, 0.29) is 34.8 Å². The SMILES string of the molecule is CCCCC(CC)CSCCCNC(=O)Nc1c(C2=C([O-])/C(=c3/cc4c5c(c3NC(=O)NCCCSCC(CC)CCCC)CCC[N+]=5CCC4)C2=O)cc2c3c1CCCN3CCC2. The second kappa shape index (κ2) is 23.7. The molecule has 4 heterocycles. The van der Waals surface area contributed by atoms with Crippen LogP contribution in [0.3, 0.4) is 0 Å². The lowest BCUT2D eigenvalue weighted by molar-refractivity contribution is -0.292. The summed E-state index contributed by atoms with van der Waals surface area (Å²) in [5, 5.41) is 29.0. The van der Waals surface area contributed by atoms with Gasteiger partial charge in [-0.1, -0.05) is 72.0 Å². The van der Waals surface area contributed by atoms with E-state index in [2.05, 4.69) is 58.4 Å². The molecule has 2 aromatic carbocycles. The van der Waals surface area contributed by atoms with Gasteiger partial charge in [-0.05, 0) is 117 Å². The fourth-order valence-corrected chi connectivity index (χ4v) is 13.1. The molecule has 10 nitrogen and oxygen atoms in total. The van der Waals surface area contributed by atoms with E-state index < -0.39 is 0 Å². The summed E-state index contributed by atoms with van der Waals surface area (Å²) < 4.78 is 2.42. The van der Waals surface area contributed by atoms with Gasteiger partial charge in [0.2, 0.25) is 5.36 Å². The van der Waals surface area contributed by atoms with E-state index >= 15 is 0 Å². The zero-order valence-electron chi connectivity index (χ0n) is 39.5. The number of unbranched alkanes of at least 4 members (excludes halogenated alkanes) is 2. The number of hydrogen-bond donors (Lipinski definition) is 4. The van der Waals surface area contributed by atoms with Crippen molar-refractivity contribution in [2.45, 2.75) is 143 Å². The van der Waals surface area contributed by atoms with Crippen LogP contribution in [0.4, 0.5) is 26.7 Å². The number of anilines is 3. The molecule has 64 heavy (non-hydrogen) atoms. The number of nitrogens with zero attached hydrogens (tertiary/aromatic N) is 2. The van der Waals surface area contributed by atoms with E-state index in [1.807, 2.05) is 35.7 Å². The van der Waals surface area contributed by atoms with Crippen LogP contribution in [0.2, 0.25) is 0 Å². The molecule has 0 spiro atoms. The first-order valence-corrected chi connectivity index (χ1v) is 27.5. The number of thioether (sulfide) groups is 2. The Morgan fingerprint density at radius 3 is 1.91 bits per heavy atom. The summed E-state index contributed by atoms with van der Waals surface area (Å²) in [5.41, 5.74) is 7.49. The zero-order valence-corrected chi connectivity index (χ0v) is 41.1. The smallest absolute Gasteiger partial charge is 0.319 e. The third-order valence-electron chi connectivity index (χ3n) is 14.3. The maximum absolute atomic E-state index is 14.8. The third-order valence-corrected chi connectivity index (χ3v) is 16.8. The lowest BCUT2D eigenvalue weighted by atomic mass is 9.77. The minimum absolute atomic E-state index is 0.137. The van der Waals surface area contributed by atoms with E-state index in [4.69, 9.17) is 0 Å². The van der Waals surface area contributed by atoms with Crippen LogP contribution in [0.1, 0.15) is 145 Å². The molecule has 4 aliphatic heterocycles. The van der Waals surface area contributed by atoms with Crippen LogP contribution in [0.5, 0.6) is 0 Å². The minimum Gasteiger partial charge on any atom is -0.871 e.